The van der Waals surface area contributed by atoms with E-state index in [9.17, 15) is 4.79 Å². The number of hydrogen-bond acceptors (Lipinski definition) is 5. The number of carbonyl (C=O) groups is 1. The smallest absolute Gasteiger partial charge is 0.258 e. The summed E-state index contributed by atoms with van der Waals surface area (Å²) >= 11 is 5.85. The van der Waals surface area contributed by atoms with Gasteiger partial charge in [-0.05, 0) is 29.8 Å². The molecule has 26 heavy (non-hydrogen) atoms. The van der Waals surface area contributed by atoms with Gasteiger partial charge >= 0.3 is 0 Å². The van der Waals surface area contributed by atoms with E-state index in [4.69, 9.17) is 16.9 Å². The molecule has 0 aliphatic heterocycles. The lowest BCUT2D eigenvalue weighted by Gasteiger charge is -2.08. The topological polar surface area (TPSA) is 90.7 Å². The highest BCUT2D eigenvalue weighted by Crippen LogP contribution is 2.15. The quantitative estimate of drug-likeness (QED) is 0.718. The lowest BCUT2D eigenvalue weighted by Crippen LogP contribution is -2.14. The zero-order valence-electron chi connectivity index (χ0n) is 13.6. The van der Waals surface area contributed by atoms with E-state index in [1.807, 2.05) is 30.3 Å². The van der Waals surface area contributed by atoms with E-state index in [1.165, 1.54) is 12.4 Å². The Labute approximate surface area is 155 Å². The van der Waals surface area contributed by atoms with Gasteiger partial charge in [0.05, 0.1) is 16.8 Å². The lowest BCUT2D eigenvalue weighted by molar-refractivity contribution is 0.102. The lowest BCUT2D eigenvalue weighted by atomic mass is 10.2. The summed E-state index contributed by atoms with van der Waals surface area (Å²) < 4.78 is 0. The van der Waals surface area contributed by atoms with Gasteiger partial charge in [-0.1, -0.05) is 35.9 Å². The minimum absolute atomic E-state index is 0.301. The van der Waals surface area contributed by atoms with Gasteiger partial charge in [-0.15, -0.1) is 0 Å². The number of aromatic nitrogens is 2. The molecule has 1 heterocycles. The van der Waals surface area contributed by atoms with Crippen LogP contribution in [0.15, 0.2) is 60.9 Å². The number of nitriles is 1. The van der Waals surface area contributed by atoms with Crippen molar-refractivity contribution in [3.05, 3.63) is 82.6 Å². The minimum Gasteiger partial charge on any atom is -0.350 e. The molecule has 2 N–H and O–H groups in total. The zero-order chi connectivity index (χ0) is 18.4. The van der Waals surface area contributed by atoms with Crippen LogP contribution in [-0.4, -0.2) is 15.9 Å². The second-order valence-corrected chi connectivity index (χ2v) is 5.82. The number of anilines is 2. The highest BCUT2D eigenvalue weighted by Gasteiger charge is 2.10. The van der Waals surface area contributed by atoms with E-state index in [2.05, 4.69) is 20.6 Å². The van der Waals surface area contributed by atoms with Crippen LogP contribution >= 0.6 is 11.6 Å². The Morgan fingerprint density at radius 3 is 2.46 bits per heavy atom. The molecule has 128 valence electrons. The molecule has 0 saturated carbocycles. The van der Waals surface area contributed by atoms with Gasteiger partial charge in [0, 0.05) is 24.0 Å². The normalized spacial score (nSPS) is 10.0. The molecule has 2 aromatic carbocycles. The number of nitrogens with one attached hydrogen (secondary N) is 2. The van der Waals surface area contributed by atoms with Crippen molar-refractivity contribution in [2.24, 2.45) is 0 Å². The first-order valence-electron chi connectivity index (χ1n) is 7.76. The predicted molar refractivity (Wildman–Crippen MR) is 99.9 cm³/mol. The highest BCUT2D eigenvalue weighted by atomic mass is 35.5. The largest absolute Gasteiger partial charge is 0.350 e. The molecule has 0 aliphatic rings. The molecule has 0 spiro atoms. The predicted octanol–water partition coefficient (Wildman–Crippen LogP) is 3.87. The van der Waals surface area contributed by atoms with Crippen LogP contribution < -0.4 is 10.6 Å². The van der Waals surface area contributed by atoms with Crippen molar-refractivity contribution in [3.63, 3.8) is 0 Å². The maximum absolute atomic E-state index is 12.3. The Balaban J connectivity index is 1.62. The van der Waals surface area contributed by atoms with Crippen molar-refractivity contribution in [1.82, 2.24) is 9.97 Å². The van der Waals surface area contributed by atoms with Crippen LogP contribution in [0.3, 0.4) is 0 Å². The first-order valence-corrected chi connectivity index (χ1v) is 8.14. The molecule has 3 aromatic rings. The van der Waals surface area contributed by atoms with Crippen LogP contribution in [0.2, 0.25) is 5.02 Å². The fourth-order valence-electron chi connectivity index (χ4n) is 2.20. The van der Waals surface area contributed by atoms with Gasteiger partial charge in [-0.3, -0.25) is 4.79 Å². The Morgan fingerprint density at radius 2 is 1.77 bits per heavy atom. The number of nitrogens with zero attached hydrogens (tertiary/aromatic N) is 3. The summed E-state index contributed by atoms with van der Waals surface area (Å²) in [6.45, 7) is 0.540. The van der Waals surface area contributed by atoms with Gasteiger partial charge < -0.3 is 10.6 Å². The molecule has 1 aromatic heterocycles. The van der Waals surface area contributed by atoms with Crippen molar-refractivity contribution in [2.75, 3.05) is 10.6 Å². The third-order valence-corrected chi connectivity index (χ3v) is 3.83. The second-order valence-electron chi connectivity index (χ2n) is 5.39. The highest BCUT2D eigenvalue weighted by molar-refractivity contribution is 6.30. The molecule has 0 saturated heterocycles. The van der Waals surface area contributed by atoms with Gasteiger partial charge in [-0.25, -0.2) is 9.97 Å². The van der Waals surface area contributed by atoms with Gasteiger partial charge in [0.2, 0.25) is 5.95 Å². The number of halogens is 1. The number of amides is 1. The Morgan fingerprint density at radius 1 is 1.08 bits per heavy atom. The molecule has 0 bridgehead atoms. The van der Waals surface area contributed by atoms with Crippen LogP contribution in [0.25, 0.3) is 0 Å². The molecule has 0 unspecified atom stereocenters. The average molecular weight is 364 g/mol. The summed E-state index contributed by atoms with van der Waals surface area (Å²) in [6.07, 6.45) is 2.86. The summed E-state index contributed by atoms with van der Waals surface area (Å²) in [5, 5.41) is 15.5. The molecule has 7 heteroatoms. The summed E-state index contributed by atoms with van der Waals surface area (Å²) in [5.41, 5.74) is 2.18. The Kier molecular flexibility index (Phi) is 5.42. The van der Waals surface area contributed by atoms with Crippen molar-refractivity contribution in [3.8, 4) is 6.07 Å². The Bertz CT molecular complexity index is 949. The van der Waals surface area contributed by atoms with Crippen LogP contribution in [0.4, 0.5) is 11.6 Å². The molecule has 6 nitrogen and oxygen atoms in total. The summed E-state index contributed by atoms with van der Waals surface area (Å²) in [4.78, 5) is 20.6. The van der Waals surface area contributed by atoms with E-state index in [1.54, 1.807) is 24.3 Å². The van der Waals surface area contributed by atoms with Gasteiger partial charge in [0.1, 0.15) is 6.07 Å². The van der Waals surface area contributed by atoms with Crippen molar-refractivity contribution >= 4 is 29.1 Å². The third kappa shape index (κ3) is 4.35. The van der Waals surface area contributed by atoms with E-state index in [0.717, 1.165) is 5.56 Å². The minimum atomic E-state index is -0.378. The maximum Gasteiger partial charge on any atom is 0.258 e. The van der Waals surface area contributed by atoms with Crippen molar-refractivity contribution in [2.45, 2.75) is 6.54 Å². The number of rotatable bonds is 5. The van der Waals surface area contributed by atoms with Gasteiger partial charge in [0.25, 0.3) is 5.91 Å². The molecule has 0 atom stereocenters. The van der Waals surface area contributed by atoms with E-state index < -0.39 is 0 Å². The summed E-state index contributed by atoms with van der Waals surface area (Å²) in [5.74, 6) is 0.0332. The number of para-hydroxylation sites is 1. The fourth-order valence-corrected chi connectivity index (χ4v) is 2.33. The van der Waals surface area contributed by atoms with Gasteiger partial charge in [-0.2, -0.15) is 5.26 Å². The molecule has 1 amide bonds. The summed E-state index contributed by atoms with van der Waals surface area (Å²) in [6, 6.07) is 16.3. The SMILES string of the molecule is N#Cc1ccccc1NC(=O)c1cnc(NCc2ccc(Cl)cc2)nc1. The van der Waals surface area contributed by atoms with Gasteiger partial charge in [0.15, 0.2) is 0 Å². The number of benzene rings is 2. The van der Waals surface area contributed by atoms with Crippen LogP contribution in [0.1, 0.15) is 21.5 Å². The molecule has 0 radical (unpaired) electrons. The third-order valence-electron chi connectivity index (χ3n) is 3.57. The molecular formula is C19H14ClN5O. The first-order chi connectivity index (χ1) is 12.7. The monoisotopic (exact) mass is 363 g/mol. The van der Waals surface area contributed by atoms with E-state index >= 15 is 0 Å². The molecule has 3 rings (SSSR count). The Hall–Kier alpha value is -3.43. The summed E-state index contributed by atoms with van der Waals surface area (Å²) in [7, 11) is 0. The zero-order valence-corrected chi connectivity index (χ0v) is 14.4. The van der Waals surface area contributed by atoms with E-state index in [-0.39, 0.29) is 5.91 Å². The van der Waals surface area contributed by atoms with Crippen LogP contribution in [-0.2, 0) is 6.54 Å². The first kappa shape index (κ1) is 17.4. The molecular weight excluding hydrogens is 350 g/mol. The van der Waals surface area contributed by atoms with Crippen LogP contribution in [0.5, 0.6) is 0 Å². The fraction of sp³-hybridized carbons (Fsp3) is 0.0526. The van der Waals surface area contributed by atoms with E-state index in [0.29, 0.717) is 34.3 Å². The van der Waals surface area contributed by atoms with Crippen molar-refractivity contribution in [1.29, 1.82) is 5.26 Å². The molecule has 0 fully saturated rings. The standard InChI is InChI=1S/C19H14ClN5O/c20-16-7-5-13(6-8-16)10-22-19-23-11-15(12-24-19)18(26)25-17-4-2-1-3-14(17)9-21/h1-8,11-12H,10H2,(H,25,26)(H,22,23,24). The molecule has 0 aliphatic carbocycles. The van der Waals surface area contributed by atoms with Crippen molar-refractivity contribution < 1.29 is 4.79 Å². The number of hydrogen-bond donors (Lipinski definition) is 2. The number of carbonyl (C=O) groups excluding carboxylic acids is 1. The maximum atomic E-state index is 12.3. The second kappa shape index (κ2) is 8.10. The van der Waals surface area contributed by atoms with Crippen LogP contribution in [0, 0.1) is 11.3 Å². The average Bonchev–Trinajstić information content (AvgIpc) is 2.68.